The van der Waals surface area contributed by atoms with E-state index in [9.17, 15) is 18.0 Å². The molecule has 6 rings (SSSR count). The Balaban J connectivity index is 0.000000451. The summed E-state index contributed by atoms with van der Waals surface area (Å²) in [6.07, 6.45) is -3.60. The van der Waals surface area contributed by atoms with E-state index in [1.165, 1.54) is 11.8 Å². The van der Waals surface area contributed by atoms with Crippen LogP contribution in [0.25, 0.3) is 33.6 Å². The van der Waals surface area contributed by atoms with Crippen molar-refractivity contribution >= 4 is 39.7 Å². The highest BCUT2D eigenvalue weighted by atomic mass is 19.4. The maximum Gasteiger partial charge on any atom is 0.490 e. The number of halogens is 3. The second kappa shape index (κ2) is 12.3. The summed E-state index contributed by atoms with van der Waals surface area (Å²) in [5.74, 6) is -2.64. The van der Waals surface area contributed by atoms with Crippen molar-refractivity contribution in [2.45, 2.75) is 12.7 Å². The van der Waals surface area contributed by atoms with Crippen molar-refractivity contribution in [1.29, 1.82) is 0 Å². The van der Waals surface area contributed by atoms with E-state index in [-0.39, 0.29) is 11.6 Å². The van der Waals surface area contributed by atoms with Gasteiger partial charge in [0.05, 0.1) is 28.5 Å². The minimum absolute atomic E-state index is 0.244. The third kappa shape index (κ3) is 6.87. The lowest BCUT2D eigenvalue weighted by molar-refractivity contribution is -0.192. The third-order valence-electron chi connectivity index (χ3n) is 6.40. The number of anilines is 1. The third-order valence-corrected chi connectivity index (χ3v) is 6.40. The molecule has 0 bridgehead atoms. The van der Waals surface area contributed by atoms with Gasteiger partial charge in [-0.25, -0.2) is 14.8 Å². The Bertz CT molecular complexity index is 1730. The summed E-state index contributed by atoms with van der Waals surface area (Å²) in [5, 5.41) is 13.5. The maximum absolute atomic E-state index is 13.0. The molecule has 1 aliphatic heterocycles. The molecule has 1 amide bonds. The number of carboxylic acids is 1. The Hall–Kier alpha value is -4.88. The summed E-state index contributed by atoms with van der Waals surface area (Å²) < 4.78 is 37.8. The van der Waals surface area contributed by atoms with Crippen molar-refractivity contribution in [2.75, 3.05) is 31.5 Å². The molecule has 3 heterocycles. The van der Waals surface area contributed by atoms with Crippen LogP contribution in [-0.4, -0.2) is 69.2 Å². The van der Waals surface area contributed by atoms with Gasteiger partial charge >= 0.3 is 12.1 Å². The number of alkyl halides is 3. The van der Waals surface area contributed by atoms with E-state index in [0.717, 1.165) is 43.8 Å². The second-order valence-corrected chi connectivity index (χ2v) is 9.39. The molecule has 42 heavy (non-hydrogen) atoms. The predicted molar refractivity (Wildman–Crippen MR) is 149 cm³/mol. The fourth-order valence-electron chi connectivity index (χ4n) is 4.35. The van der Waals surface area contributed by atoms with Crippen molar-refractivity contribution in [2.24, 2.45) is 0 Å². The summed E-state index contributed by atoms with van der Waals surface area (Å²) in [6.45, 7) is 5.00. The largest absolute Gasteiger partial charge is 0.490 e. The van der Waals surface area contributed by atoms with E-state index in [1.54, 1.807) is 0 Å². The standard InChI is InChI=1S/C27H24N6O2.C2HF3O2/c34-26(24-16-29-21-7-3-4-8-22(21)30-24)31-20-6-2-1-5-19(20)27-32-23-15-18(9-10-25(23)35-27)17-33-13-11-28-12-14-33;3-2(4,5)1(6)7/h1-10,15-16,28H,11-14,17H2,(H,31,34);(H,6,7). The summed E-state index contributed by atoms with van der Waals surface area (Å²) in [5.41, 5.74) is 5.68. The Morgan fingerprint density at radius 3 is 2.38 bits per heavy atom. The van der Waals surface area contributed by atoms with Crippen LogP contribution in [0.2, 0.25) is 0 Å². The highest BCUT2D eigenvalue weighted by molar-refractivity contribution is 6.05. The number of aliphatic carboxylic acids is 1. The fraction of sp³-hybridized carbons (Fsp3) is 0.207. The molecule has 0 aliphatic carbocycles. The fourth-order valence-corrected chi connectivity index (χ4v) is 4.35. The monoisotopic (exact) mass is 578 g/mol. The number of para-hydroxylation sites is 3. The van der Waals surface area contributed by atoms with Gasteiger partial charge in [0.1, 0.15) is 11.2 Å². The number of carbonyl (C=O) groups excluding carboxylic acids is 1. The first-order valence-electron chi connectivity index (χ1n) is 12.9. The number of hydrogen-bond donors (Lipinski definition) is 3. The molecule has 10 nitrogen and oxygen atoms in total. The van der Waals surface area contributed by atoms with Crippen molar-refractivity contribution < 1.29 is 32.3 Å². The molecule has 0 radical (unpaired) electrons. The van der Waals surface area contributed by atoms with Gasteiger partial charge in [0.2, 0.25) is 5.89 Å². The van der Waals surface area contributed by atoms with E-state index in [1.807, 2.05) is 54.6 Å². The molecular weight excluding hydrogens is 553 g/mol. The van der Waals surface area contributed by atoms with Crippen LogP contribution in [0.15, 0.2) is 77.3 Å². The normalized spacial score (nSPS) is 13.9. The number of aromatic nitrogens is 3. The van der Waals surface area contributed by atoms with E-state index in [4.69, 9.17) is 19.3 Å². The Morgan fingerprint density at radius 1 is 0.952 bits per heavy atom. The summed E-state index contributed by atoms with van der Waals surface area (Å²) in [4.78, 5) is 37.8. The molecule has 0 saturated carbocycles. The first-order chi connectivity index (χ1) is 20.2. The molecule has 13 heteroatoms. The number of oxazole rings is 1. The minimum Gasteiger partial charge on any atom is -0.475 e. The zero-order chi connectivity index (χ0) is 29.7. The lowest BCUT2D eigenvalue weighted by atomic mass is 10.1. The molecule has 2 aromatic heterocycles. The summed E-state index contributed by atoms with van der Waals surface area (Å²) in [6, 6.07) is 21.1. The number of benzene rings is 3. The molecular formula is C29H25F3N6O4. The van der Waals surface area contributed by atoms with Crippen LogP contribution in [0, 0.1) is 0 Å². The number of carbonyl (C=O) groups is 2. The predicted octanol–water partition coefficient (Wildman–Crippen LogP) is 4.73. The van der Waals surface area contributed by atoms with Crippen LogP contribution in [0.4, 0.5) is 18.9 Å². The van der Waals surface area contributed by atoms with Crippen LogP contribution in [0.5, 0.6) is 0 Å². The van der Waals surface area contributed by atoms with E-state index in [2.05, 4.69) is 37.6 Å². The van der Waals surface area contributed by atoms with Crippen molar-refractivity contribution in [3.05, 3.63) is 84.2 Å². The molecule has 0 unspecified atom stereocenters. The molecule has 1 fully saturated rings. The first kappa shape index (κ1) is 28.6. The molecule has 0 atom stereocenters. The number of hydrogen-bond acceptors (Lipinski definition) is 8. The number of nitrogens with one attached hydrogen (secondary N) is 2. The van der Waals surface area contributed by atoms with E-state index < -0.39 is 12.1 Å². The maximum atomic E-state index is 13.0. The number of carboxylic acid groups (broad SMARTS) is 1. The molecule has 3 aromatic carbocycles. The van der Waals surface area contributed by atoms with Gasteiger partial charge in [0, 0.05) is 32.7 Å². The van der Waals surface area contributed by atoms with Crippen molar-refractivity contribution in [3.63, 3.8) is 0 Å². The SMILES string of the molecule is O=C(Nc1ccccc1-c1nc2cc(CN3CCNCC3)ccc2o1)c1cnc2ccccc2n1.O=C(O)C(F)(F)F. The zero-order valence-electron chi connectivity index (χ0n) is 22.1. The second-order valence-electron chi connectivity index (χ2n) is 9.39. The van der Waals surface area contributed by atoms with Crippen LogP contribution < -0.4 is 10.6 Å². The average Bonchev–Trinajstić information content (AvgIpc) is 3.41. The lowest BCUT2D eigenvalue weighted by Crippen LogP contribution is -2.42. The van der Waals surface area contributed by atoms with Gasteiger partial charge < -0.3 is 20.2 Å². The lowest BCUT2D eigenvalue weighted by Gasteiger charge is -2.27. The first-order valence-corrected chi connectivity index (χ1v) is 12.9. The Morgan fingerprint density at radius 2 is 1.64 bits per heavy atom. The quantitative estimate of drug-likeness (QED) is 0.271. The molecule has 3 N–H and O–H groups in total. The van der Waals surface area contributed by atoms with Gasteiger partial charge in [-0.2, -0.15) is 13.2 Å². The summed E-state index contributed by atoms with van der Waals surface area (Å²) in [7, 11) is 0. The molecule has 216 valence electrons. The van der Waals surface area contributed by atoms with Gasteiger partial charge in [-0.05, 0) is 42.0 Å². The van der Waals surface area contributed by atoms with E-state index >= 15 is 0 Å². The number of rotatable bonds is 5. The molecule has 1 saturated heterocycles. The zero-order valence-corrected chi connectivity index (χ0v) is 22.1. The number of fused-ring (bicyclic) bond motifs is 2. The number of amides is 1. The van der Waals surface area contributed by atoms with Crippen molar-refractivity contribution in [1.82, 2.24) is 25.2 Å². The van der Waals surface area contributed by atoms with E-state index in [0.29, 0.717) is 28.2 Å². The molecule has 5 aromatic rings. The van der Waals surface area contributed by atoms with Gasteiger partial charge in [-0.3, -0.25) is 14.7 Å². The Labute approximate surface area is 237 Å². The highest BCUT2D eigenvalue weighted by Crippen LogP contribution is 2.31. The van der Waals surface area contributed by atoms with Crippen molar-refractivity contribution in [3.8, 4) is 11.5 Å². The number of piperazine rings is 1. The van der Waals surface area contributed by atoms with Gasteiger partial charge in [0.25, 0.3) is 5.91 Å². The molecule has 1 aliphatic rings. The van der Waals surface area contributed by atoms with Crippen LogP contribution in [-0.2, 0) is 11.3 Å². The Kier molecular flexibility index (Phi) is 8.41. The van der Waals surface area contributed by atoms with Crippen LogP contribution in [0.1, 0.15) is 16.1 Å². The van der Waals surface area contributed by atoms with Crippen LogP contribution >= 0.6 is 0 Å². The average molecular weight is 579 g/mol. The van der Waals surface area contributed by atoms with Gasteiger partial charge in [-0.15, -0.1) is 0 Å². The smallest absolute Gasteiger partial charge is 0.475 e. The molecule has 0 spiro atoms. The van der Waals surface area contributed by atoms with Gasteiger partial charge in [-0.1, -0.05) is 30.3 Å². The number of nitrogens with zero attached hydrogens (tertiary/aromatic N) is 4. The topological polar surface area (TPSA) is 133 Å². The van der Waals surface area contributed by atoms with Crippen LogP contribution in [0.3, 0.4) is 0 Å². The summed E-state index contributed by atoms with van der Waals surface area (Å²) >= 11 is 0. The highest BCUT2D eigenvalue weighted by Gasteiger charge is 2.38. The van der Waals surface area contributed by atoms with Gasteiger partial charge in [0.15, 0.2) is 5.58 Å². The minimum atomic E-state index is -5.08.